The number of carbonyl (C=O) groups is 1. The van der Waals surface area contributed by atoms with Crippen molar-refractivity contribution in [3.63, 3.8) is 0 Å². The number of rotatable bonds is 9. The summed E-state index contributed by atoms with van der Waals surface area (Å²) in [6, 6.07) is 20.1. The van der Waals surface area contributed by atoms with Gasteiger partial charge in [0.05, 0.1) is 18.0 Å². The van der Waals surface area contributed by atoms with Gasteiger partial charge >= 0.3 is 0 Å². The third kappa shape index (κ3) is 5.67. The second-order valence-corrected chi connectivity index (χ2v) is 11.9. The molecule has 0 fully saturated rings. The highest BCUT2D eigenvalue weighted by Crippen LogP contribution is 2.27. The average Bonchev–Trinajstić information content (AvgIpc) is 3.26. The highest BCUT2D eigenvalue weighted by molar-refractivity contribution is 7.89. The lowest BCUT2D eigenvalue weighted by Crippen LogP contribution is -2.45. The Morgan fingerprint density at radius 1 is 0.944 bits per heavy atom. The molecule has 0 atom stereocenters. The van der Waals surface area contributed by atoms with Crippen molar-refractivity contribution >= 4 is 38.0 Å². The van der Waals surface area contributed by atoms with Crippen LogP contribution in [0.15, 0.2) is 83.1 Å². The number of thiophene rings is 1. The Kier molecular flexibility index (Phi) is 7.88. The quantitative estimate of drug-likeness (QED) is 0.271. The van der Waals surface area contributed by atoms with Gasteiger partial charge in [0.25, 0.3) is 0 Å². The predicted octanol–water partition coefficient (Wildman–Crippen LogP) is 5.98. The lowest BCUT2D eigenvalue weighted by atomic mass is 10.1. The van der Waals surface area contributed by atoms with Crippen LogP contribution in [-0.4, -0.2) is 36.1 Å². The van der Waals surface area contributed by atoms with Crippen molar-refractivity contribution in [2.75, 3.05) is 6.54 Å². The first-order valence-corrected chi connectivity index (χ1v) is 14.0. The maximum atomic E-state index is 13.8. The molecular formula is C28H29FN2O3S2. The predicted molar refractivity (Wildman–Crippen MR) is 143 cm³/mol. The lowest BCUT2D eigenvalue weighted by Gasteiger charge is -2.30. The molecule has 0 aliphatic rings. The maximum absolute atomic E-state index is 13.8. The molecule has 188 valence electrons. The Balaban J connectivity index is 1.66. The number of hydrogen-bond donors (Lipinski definition) is 0. The van der Waals surface area contributed by atoms with Gasteiger partial charge in [-0.2, -0.15) is 4.31 Å². The molecule has 3 aromatic carbocycles. The van der Waals surface area contributed by atoms with Crippen molar-refractivity contribution in [3.8, 4) is 0 Å². The Morgan fingerprint density at radius 3 is 2.31 bits per heavy atom. The van der Waals surface area contributed by atoms with Gasteiger partial charge in [-0.25, -0.2) is 12.8 Å². The summed E-state index contributed by atoms with van der Waals surface area (Å²) in [6.07, 6.45) is 0. The van der Waals surface area contributed by atoms with Crippen LogP contribution in [0.2, 0.25) is 0 Å². The van der Waals surface area contributed by atoms with E-state index >= 15 is 0 Å². The van der Waals surface area contributed by atoms with Crippen molar-refractivity contribution in [2.24, 2.45) is 0 Å². The van der Waals surface area contributed by atoms with Crippen LogP contribution in [0, 0.1) is 12.7 Å². The van der Waals surface area contributed by atoms with Gasteiger partial charge in [0.2, 0.25) is 15.9 Å². The largest absolute Gasteiger partial charge is 0.332 e. The van der Waals surface area contributed by atoms with Gasteiger partial charge in [-0.15, -0.1) is 11.3 Å². The Hall–Kier alpha value is -3.07. The second kappa shape index (κ2) is 10.9. The van der Waals surface area contributed by atoms with Crippen LogP contribution < -0.4 is 0 Å². The van der Waals surface area contributed by atoms with Gasteiger partial charge < -0.3 is 4.90 Å². The number of fused-ring (bicyclic) bond motifs is 1. The van der Waals surface area contributed by atoms with Gasteiger partial charge in [0, 0.05) is 22.8 Å². The molecule has 0 radical (unpaired) electrons. The van der Waals surface area contributed by atoms with Crippen LogP contribution >= 0.6 is 11.3 Å². The summed E-state index contributed by atoms with van der Waals surface area (Å²) < 4.78 is 42.4. The summed E-state index contributed by atoms with van der Waals surface area (Å²) >= 11 is 1.55. The zero-order valence-electron chi connectivity index (χ0n) is 20.5. The van der Waals surface area contributed by atoms with Crippen LogP contribution in [0.1, 0.15) is 29.9 Å². The first kappa shape index (κ1) is 26.0. The number of nitrogens with zero attached hydrogens (tertiary/aromatic N) is 2. The van der Waals surface area contributed by atoms with Gasteiger partial charge in [0.1, 0.15) is 5.82 Å². The first-order chi connectivity index (χ1) is 17.2. The van der Waals surface area contributed by atoms with Crippen LogP contribution in [0.5, 0.6) is 0 Å². The second-order valence-electron chi connectivity index (χ2n) is 9.02. The molecule has 8 heteroatoms. The highest BCUT2D eigenvalue weighted by Gasteiger charge is 2.32. The number of amides is 1. The minimum atomic E-state index is -3.97. The van der Waals surface area contributed by atoms with E-state index in [1.165, 1.54) is 16.4 Å². The van der Waals surface area contributed by atoms with Crippen LogP contribution in [-0.2, 0) is 27.9 Å². The summed E-state index contributed by atoms with van der Waals surface area (Å²) in [5.74, 6) is -0.664. The zero-order chi connectivity index (χ0) is 25.9. The van der Waals surface area contributed by atoms with Crippen molar-refractivity contribution in [1.29, 1.82) is 0 Å². The third-order valence-corrected chi connectivity index (χ3v) is 9.23. The number of sulfonamides is 1. The number of hydrogen-bond acceptors (Lipinski definition) is 4. The van der Waals surface area contributed by atoms with Crippen LogP contribution in [0.3, 0.4) is 0 Å². The van der Waals surface area contributed by atoms with Crippen molar-refractivity contribution < 1.29 is 17.6 Å². The minimum Gasteiger partial charge on any atom is -0.332 e. The molecule has 0 bridgehead atoms. The summed E-state index contributed by atoms with van der Waals surface area (Å²) in [4.78, 5) is 16.5. The molecule has 4 rings (SSSR count). The van der Waals surface area contributed by atoms with E-state index < -0.39 is 16.1 Å². The summed E-state index contributed by atoms with van der Waals surface area (Å²) in [7, 11) is -3.97. The van der Waals surface area contributed by atoms with E-state index in [-0.39, 0.29) is 29.7 Å². The topological polar surface area (TPSA) is 57.7 Å². The van der Waals surface area contributed by atoms with Crippen molar-refractivity contribution in [1.82, 2.24) is 9.21 Å². The molecule has 1 heterocycles. The average molecular weight is 525 g/mol. The number of carbonyl (C=O) groups excluding carboxylic acids is 1. The van der Waals surface area contributed by atoms with Crippen LogP contribution in [0.4, 0.5) is 4.39 Å². The number of aryl methyl sites for hydroxylation is 1. The molecule has 36 heavy (non-hydrogen) atoms. The summed E-state index contributed by atoms with van der Waals surface area (Å²) in [5, 5.41) is 3.41. The Morgan fingerprint density at radius 2 is 1.64 bits per heavy atom. The molecule has 4 aromatic rings. The van der Waals surface area contributed by atoms with E-state index in [0.717, 1.165) is 21.4 Å². The monoisotopic (exact) mass is 524 g/mol. The zero-order valence-corrected chi connectivity index (χ0v) is 22.2. The third-order valence-electron chi connectivity index (χ3n) is 6.15. The van der Waals surface area contributed by atoms with Gasteiger partial charge in [0.15, 0.2) is 0 Å². The number of halogens is 1. The fourth-order valence-electron chi connectivity index (χ4n) is 4.11. The van der Waals surface area contributed by atoms with Crippen molar-refractivity contribution in [2.45, 2.75) is 44.8 Å². The number of benzene rings is 3. The maximum Gasteiger partial charge on any atom is 0.244 e. The summed E-state index contributed by atoms with van der Waals surface area (Å²) in [6.45, 7) is 5.82. The van der Waals surface area contributed by atoms with Crippen molar-refractivity contribution in [3.05, 3.63) is 100.0 Å². The molecule has 0 spiro atoms. The highest BCUT2D eigenvalue weighted by atomic mass is 32.2. The standard InChI is InChI=1S/C28H29FN2O3S2/c1-20(2)31(36(33,34)27-10-6-8-23-7-4-5-9-25(23)27)19-28(32)30(18-26-21(3)15-16-35-26)17-22-11-13-24(29)14-12-22/h4-16,20H,17-19H2,1-3H3. The molecule has 1 aromatic heterocycles. The SMILES string of the molecule is Cc1ccsc1CN(Cc1ccc(F)cc1)C(=O)CN(C(C)C)S(=O)(=O)c1cccc2ccccc12. The van der Waals surface area contributed by atoms with E-state index in [4.69, 9.17) is 0 Å². The lowest BCUT2D eigenvalue weighted by molar-refractivity contribution is -0.132. The summed E-state index contributed by atoms with van der Waals surface area (Å²) in [5.41, 5.74) is 1.84. The normalized spacial score (nSPS) is 11.9. The molecule has 0 unspecified atom stereocenters. The van der Waals surface area contributed by atoms with E-state index in [2.05, 4.69) is 0 Å². The molecule has 0 N–H and O–H groups in total. The van der Waals surface area contributed by atoms with E-state index in [1.807, 2.05) is 36.6 Å². The molecule has 5 nitrogen and oxygen atoms in total. The van der Waals surface area contributed by atoms with Crippen LogP contribution in [0.25, 0.3) is 10.8 Å². The molecular weight excluding hydrogens is 495 g/mol. The Bertz CT molecular complexity index is 1460. The molecule has 0 aliphatic heterocycles. The molecule has 0 saturated carbocycles. The fourth-order valence-corrected chi connectivity index (χ4v) is 6.83. The molecule has 0 aliphatic carbocycles. The van der Waals surface area contributed by atoms with E-state index in [0.29, 0.717) is 11.9 Å². The van der Waals surface area contributed by atoms with E-state index in [1.54, 1.807) is 66.5 Å². The first-order valence-electron chi connectivity index (χ1n) is 11.7. The van der Waals surface area contributed by atoms with Gasteiger partial charge in [-0.3, -0.25) is 4.79 Å². The molecule has 1 amide bonds. The Labute approximate surface area is 215 Å². The molecule has 0 saturated heterocycles. The smallest absolute Gasteiger partial charge is 0.244 e. The van der Waals surface area contributed by atoms with Gasteiger partial charge in [-0.1, -0.05) is 48.5 Å². The fraction of sp³-hybridized carbons (Fsp3) is 0.250. The van der Waals surface area contributed by atoms with E-state index in [9.17, 15) is 17.6 Å². The minimum absolute atomic E-state index is 0.182. The van der Waals surface area contributed by atoms with Gasteiger partial charge in [-0.05, 0) is 66.9 Å².